The van der Waals surface area contributed by atoms with Crippen LogP contribution in [-0.2, 0) is 19.6 Å². The van der Waals surface area contributed by atoms with Crippen molar-refractivity contribution in [2.45, 2.75) is 57.0 Å². The van der Waals surface area contributed by atoms with Gasteiger partial charge < -0.3 is 10.1 Å². The van der Waals surface area contributed by atoms with E-state index in [4.69, 9.17) is 4.74 Å². The van der Waals surface area contributed by atoms with Gasteiger partial charge in [0.1, 0.15) is 6.61 Å². The molecule has 0 radical (unpaired) electrons. The van der Waals surface area contributed by atoms with Crippen LogP contribution >= 0.6 is 0 Å². The molecule has 1 aliphatic rings. The summed E-state index contributed by atoms with van der Waals surface area (Å²) < 4.78 is 31.6. The monoisotopic (exact) mass is 368 g/mol. The lowest BCUT2D eigenvalue weighted by Crippen LogP contribution is -2.26. The maximum Gasteiger partial charge on any atom is 0.250 e. The molecule has 1 amide bonds. The number of hydrogen-bond donors (Lipinski definition) is 1. The van der Waals surface area contributed by atoms with Gasteiger partial charge in [0.15, 0.2) is 0 Å². The summed E-state index contributed by atoms with van der Waals surface area (Å²) in [6.45, 7) is 3.69. The fraction of sp³-hybridized carbons (Fsp3) is 0.611. The molecule has 0 aromatic heterocycles. The van der Waals surface area contributed by atoms with Crippen LogP contribution in [0.5, 0.6) is 0 Å². The number of amides is 1. The Balaban J connectivity index is 2.10. The van der Waals surface area contributed by atoms with Crippen molar-refractivity contribution in [3.63, 3.8) is 0 Å². The molecule has 1 aliphatic carbocycles. The van der Waals surface area contributed by atoms with E-state index in [1.54, 1.807) is 6.07 Å². The molecule has 0 unspecified atom stereocenters. The van der Waals surface area contributed by atoms with Crippen LogP contribution in [0.25, 0.3) is 0 Å². The molecular formula is C18H28N2O4S. The summed E-state index contributed by atoms with van der Waals surface area (Å²) in [5, 5.41) is 2.80. The summed E-state index contributed by atoms with van der Waals surface area (Å²) in [7, 11) is -0.579. The van der Waals surface area contributed by atoms with Gasteiger partial charge in [-0.3, -0.25) is 4.79 Å². The van der Waals surface area contributed by atoms with Gasteiger partial charge in [-0.1, -0.05) is 19.3 Å². The van der Waals surface area contributed by atoms with Gasteiger partial charge in [-0.05, 0) is 49.9 Å². The van der Waals surface area contributed by atoms with E-state index in [-0.39, 0.29) is 23.5 Å². The molecule has 140 valence electrons. The first-order valence-corrected chi connectivity index (χ1v) is 10.1. The van der Waals surface area contributed by atoms with E-state index >= 15 is 0 Å². The second-order valence-electron chi connectivity index (χ2n) is 6.82. The Hall–Kier alpha value is -1.44. The molecular weight excluding hydrogens is 340 g/mol. The Kier molecular flexibility index (Phi) is 6.59. The number of sulfonamides is 1. The minimum atomic E-state index is -3.55. The lowest BCUT2D eigenvalue weighted by molar-refractivity contribution is -0.123. The molecule has 0 bridgehead atoms. The minimum absolute atomic E-state index is 0.00614. The third-order valence-electron chi connectivity index (χ3n) is 4.70. The number of carbonyl (C=O) groups excluding carboxylic acids is 1. The number of ether oxygens (including phenoxy) is 1. The Morgan fingerprint density at radius 2 is 1.84 bits per heavy atom. The number of rotatable bonds is 6. The second kappa shape index (κ2) is 8.29. The summed E-state index contributed by atoms with van der Waals surface area (Å²) in [4.78, 5) is 12.4. The van der Waals surface area contributed by atoms with E-state index < -0.39 is 10.0 Å². The van der Waals surface area contributed by atoms with E-state index in [0.717, 1.165) is 41.1 Å². The van der Waals surface area contributed by atoms with Crippen molar-refractivity contribution in [1.29, 1.82) is 0 Å². The molecule has 7 heteroatoms. The van der Waals surface area contributed by atoms with Gasteiger partial charge in [-0.2, -0.15) is 0 Å². The SMILES string of the molecule is Cc1cc(S(=O)(=O)N(C)C)cc(NC(=O)COC2CCCCC2)c1C. The third-order valence-corrected chi connectivity index (χ3v) is 6.49. The smallest absolute Gasteiger partial charge is 0.250 e. The summed E-state index contributed by atoms with van der Waals surface area (Å²) in [6.07, 6.45) is 5.69. The van der Waals surface area contributed by atoms with Gasteiger partial charge in [-0.15, -0.1) is 0 Å². The summed E-state index contributed by atoms with van der Waals surface area (Å²) >= 11 is 0. The number of anilines is 1. The summed E-state index contributed by atoms with van der Waals surface area (Å²) in [5.41, 5.74) is 2.17. The first-order chi connectivity index (χ1) is 11.7. The van der Waals surface area contributed by atoms with Gasteiger partial charge in [0.2, 0.25) is 15.9 Å². The Morgan fingerprint density at radius 3 is 2.44 bits per heavy atom. The van der Waals surface area contributed by atoms with Crippen molar-refractivity contribution < 1.29 is 17.9 Å². The molecule has 1 N–H and O–H groups in total. The molecule has 1 saturated carbocycles. The quantitative estimate of drug-likeness (QED) is 0.838. The minimum Gasteiger partial charge on any atom is -0.368 e. The maximum atomic E-state index is 12.4. The van der Waals surface area contributed by atoms with Crippen LogP contribution in [0.1, 0.15) is 43.2 Å². The standard InChI is InChI=1S/C18H28N2O4S/c1-13-10-16(25(22,23)20(3)4)11-17(14(13)2)19-18(21)12-24-15-8-6-5-7-9-15/h10-11,15H,5-9,12H2,1-4H3,(H,19,21). The number of aryl methyl sites for hydroxylation is 1. The molecule has 1 fully saturated rings. The summed E-state index contributed by atoms with van der Waals surface area (Å²) in [5.74, 6) is -0.257. The Morgan fingerprint density at radius 1 is 1.20 bits per heavy atom. The van der Waals surface area contributed by atoms with Crippen molar-refractivity contribution in [2.75, 3.05) is 26.0 Å². The van der Waals surface area contributed by atoms with Crippen molar-refractivity contribution in [2.24, 2.45) is 0 Å². The maximum absolute atomic E-state index is 12.4. The van der Waals surface area contributed by atoms with E-state index in [9.17, 15) is 13.2 Å². The normalized spacial score (nSPS) is 16.2. The van der Waals surface area contributed by atoms with Crippen LogP contribution in [0.4, 0.5) is 5.69 Å². The molecule has 6 nitrogen and oxygen atoms in total. The van der Waals surface area contributed by atoms with Gasteiger partial charge in [0, 0.05) is 19.8 Å². The third kappa shape index (κ3) is 5.03. The predicted octanol–water partition coefficient (Wildman–Crippen LogP) is 2.84. The fourth-order valence-electron chi connectivity index (χ4n) is 2.93. The van der Waals surface area contributed by atoms with E-state index in [1.165, 1.54) is 26.6 Å². The van der Waals surface area contributed by atoms with E-state index in [1.807, 2.05) is 13.8 Å². The molecule has 1 aromatic carbocycles. The molecule has 0 heterocycles. The van der Waals surface area contributed by atoms with Crippen LogP contribution in [-0.4, -0.2) is 45.4 Å². The number of nitrogens with zero attached hydrogens (tertiary/aromatic N) is 1. The highest BCUT2D eigenvalue weighted by Gasteiger charge is 2.21. The van der Waals surface area contributed by atoms with Crippen LogP contribution in [0, 0.1) is 13.8 Å². The number of hydrogen-bond acceptors (Lipinski definition) is 4. The lowest BCUT2D eigenvalue weighted by atomic mass is 9.98. The van der Waals surface area contributed by atoms with Crippen molar-refractivity contribution in [1.82, 2.24) is 4.31 Å². The zero-order chi connectivity index (χ0) is 18.6. The Bertz CT molecular complexity index is 723. The summed E-state index contributed by atoms with van der Waals surface area (Å²) in [6, 6.07) is 3.13. The second-order valence-corrected chi connectivity index (χ2v) is 8.97. The first kappa shape index (κ1) is 19.9. The highest BCUT2D eigenvalue weighted by atomic mass is 32.2. The van der Waals surface area contributed by atoms with Crippen molar-refractivity contribution in [3.8, 4) is 0 Å². The fourth-order valence-corrected chi connectivity index (χ4v) is 3.94. The zero-order valence-corrected chi connectivity index (χ0v) is 16.3. The van der Waals surface area contributed by atoms with Crippen molar-refractivity contribution in [3.05, 3.63) is 23.3 Å². The predicted molar refractivity (Wildman–Crippen MR) is 98.2 cm³/mol. The molecule has 2 rings (SSSR count). The molecule has 0 aliphatic heterocycles. The van der Waals surface area contributed by atoms with Gasteiger partial charge >= 0.3 is 0 Å². The zero-order valence-electron chi connectivity index (χ0n) is 15.5. The molecule has 0 saturated heterocycles. The first-order valence-electron chi connectivity index (χ1n) is 8.67. The van der Waals surface area contributed by atoms with E-state index in [2.05, 4.69) is 5.32 Å². The average Bonchev–Trinajstić information content (AvgIpc) is 2.57. The van der Waals surface area contributed by atoms with Crippen molar-refractivity contribution >= 4 is 21.6 Å². The number of carbonyl (C=O) groups is 1. The molecule has 0 spiro atoms. The average molecular weight is 368 g/mol. The lowest BCUT2D eigenvalue weighted by Gasteiger charge is -2.22. The highest BCUT2D eigenvalue weighted by Crippen LogP contribution is 2.26. The van der Waals surface area contributed by atoms with Gasteiger partial charge in [0.25, 0.3) is 0 Å². The van der Waals surface area contributed by atoms with Crippen LogP contribution < -0.4 is 5.32 Å². The number of nitrogens with one attached hydrogen (secondary N) is 1. The van der Waals surface area contributed by atoms with Gasteiger partial charge in [0.05, 0.1) is 11.0 Å². The van der Waals surface area contributed by atoms with E-state index in [0.29, 0.717) is 5.69 Å². The molecule has 25 heavy (non-hydrogen) atoms. The van der Waals surface area contributed by atoms with Gasteiger partial charge in [-0.25, -0.2) is 12.7 Å². The highest BCUT2D eigenvalue weighted by molar-refractivity contribution is 7.89. The largest absolute Gasteiger partial charge is 0.368 e. The molecule has 1 aromatic rings. The van der Waals surface area contributed by atoms with Crippen LogP contribution in [0.3, 0.4) is 0 Å². The number of benzene rings is 1. The topological polar surface area (TPSA) is 75.7 Å². The van der Waals surface area contributed by atoms with Crippen LogP contribution in [0.15, 0.2) is 17.0 Å². The van der Waals surface area contributed by atoms with Crippen LogP contribution in [0.2, 0.25) is 0 Å². The Labute approximate surface area is 150 Å². The molecule has 0 atom stereocenters.